The normalized spacial score (nSPS) is 15.5. The molecule has 0 saturated carbocycles. The lowest BCUT2D eigenvalue weighted by atomic mass is 9.87. The summed E-state index contributed by atoms with van der Waals surface area (Å²) in [5, 5.41) is 0. The van der Waals surface area contributed by atoms with Gasteiger partial charge in [-0.05, 0) is 111 Å². The lowest BCUT2D eigenvalue weighted by molar-refractivity contribution is 0.853. The van der Waals surface area contributed by atoms with Crippen molar-refractivity contribution in [1.82, 2.24) is 4.98 Å². The van der Waals surface area contributed by atoms with Crippen LogP contribution in [0.25, 0.3) is 55.8 Å². The molecule has 230 valence electrons. The van der Waals surface area contributed by atoms with E-state index < -0.39 is 0 Å². The van der Waals surface area contributed by atoms with Crippen molar-refractivity contribution in [2.75, 3.05) is 0 Å². The van der Waals surface area contributed by atoms with Gasteiger partial charge in [-0.3, -0.25) is 4.98 Å². The van der Waals surface area contributed by atoms with Crippen molar-refractivity contribution in [2.45, 2.75) is 25.2 Å². The predicted molar refractivity (Wildman–Crippen MR) is 203 cm³/mol. The first kappa shape index (κ1) is 29.6. The Labute approximate surface area is 284 Å². The van der Waals surface area contributed by atoms with Crippen LogP contribution in [0.4, 0.5) is 0 Å². The van der Waals surface area contributed by atoms with Gasteiger partial charge < -0.3 is 0 Å². The molecule has 2 aliphatic carbocycles. The van der Waals surface area contributed by atoms with E-state index in [1.165, 1.54) is 61.2 Å². The van der Waals surface area contributed by atoms with Crippen LogP contribution in [0.1, 0.15) is 41.9 Å². The largest absolute Gasteiger partial charge is 0.256 e. The summed E-state index contributed by atoms with van der Waals surface area (Å²) in [6.45, 7) is 0. The second-order valence-electron chi connectivity index (χ2n) is 12.7. The molecular formula is C47H37N. The average Bonchev–Trinajstić information content (AvgIpc) is 3.19. The Balaban J connectivity index is 1.02. The van der Waals surface area contributed by atoms with Crippen LogP contribution >= 0.6 is 0 Å². The van der Waals surface area contributed by atoms with Gasteiger partial charge in [0.2, 0.25) is 0 Å². The van der Waals surface area contributed by atoms with E-state index >= 15 is 0 Å². The Kier molecular flexibility index (Phi) is 8.34. The number of aromatic nitrogens is 1. The number of allylic oxidation sites excluding steroid dienone is 8. The quantitative estimate of drug-likeness (QED) is 0.174. The van der Waals surface area contributed by atoms with Gasteiger partial charge in [-0.2, -0.15) is 0 Å². The van der Waals surface area contributed by atoms with Gasteiger partial charge in [0.1, 0.15) is 0 Å². The maximum absolute atomic E-state index is 4.53. The number of pyridine rings is 1. The van der Waals surface area contributed by atoms with Gasteiger partial charge in [-0.25, -0.2) is 0 Å². The molecule has 5 aromatic carbocycles. The summed E-state index contributed by atoms with van der Waals surface area (Å²) in [6.07, 6.45) is 18.7. The molecule has 0 amide bonds. The first-order valence-electron chi connectivity index (χ1n) is 16.9. The zero-order valence-electron chi connectivity index (χ0n) is 27.0. The fourth-order valence-corrected chi connectivity index (χ4v) is 6.93. The summed E-state index contributed by atoms with van der Waals surface area (Å²) in [7, 11) is 0. The van der Waals surface area contributed by atoms with Crippen molar-refractivity contribution in [2.24, 2.45) is 0 Å². The monoisotopic (exact) mass is 615 g/mol. The lowest BCUT2D eigenvalue weighted by Gasteiger charge is -2.18. The topological polar surface area (TPSA) is 12.9 Å². The van der Waals surface area contributed by atoms with Gasteiger partial charge in [0.05, 0.1) is 5.69 Å². The molecule has 1 aromatic heterocycles. The minimum Gasteiger partial charge on any atom is -0.256 e. The van der Waals surface area contributed by atoms with Crippen LogP contribution < -0.4 is 0 Å². The molecule has 48 heavy (non-hydrogen) atoms. The third-order valence-electron chi connectivity index (χ3n) is 9.54. The van der Waals surface area contributed by atoms with Crippen LogP contribution in [0.3, 0.4) is 0 Å². The molecule has 0 N–H and O–H groups in total. The predicted octanol–water partition coefficient (Wildman–Crippen LogP) is 12.6. The number of rotatable bonds is 7. The summed E-state index contributed by atoms with van der Waals surface area (Å²) in [5.74, 6) is 0.461. The molecule has 1 atom stereocenters. The third-order valence-corrected chi connectivity index (χ3v) is 9.54. The fraction of sp³-hybridized carbons (Fsp3) is 0.0851. The van der Waals surface area contributed by atoms with Gasteiger partial charge in [0, 0.05) is 17.7 Å². The minimum atomic E-state index is 0.461. The van der Waals surface area contributed by atoms with Crippen LogP contribution in [0.2, 0.25) is 0 Å². The first-order valence-corrected chi connectivity index (χ1v) is 16.9. The minimum absolute atomic E-state index is 0.461. The molecule has 0 aliphatic heterocycles. The van der Waals surface area contributed by atoms with Gasteiger partial charge >= 0.3 is 0 Å². The molecule has 0 fully saturated rings. The molecule has 1 unspecified atom stereocenters. The highest BCUT2D eigenvalue weighted by atomic mass is 14.7. The summed E-state index contributed by atoms with van der Waals surface area (Å²) in [4.78, 5) is 4.53. The molecule has 0 bridgehead atoms. The molecule has 1 heteroatoms. The Morgan fingerprint density at radius 2 is 1.12 bits per heavy atom. The zero-order valence-corrected chi connectivity index (χ0v) is 27.0. The number of nitrogens with zero attached hydrogens (tertiary/aromatic N) is 1. The molecular weight excluding hydrogens is 579 g/mol. The van der Waals surface area contributed by atoms with E-state index in [4.69, 9.17) is 0 Å². The second-order valence-corrected chi connectivity index (χ2v) is 12.7. The highest BCUT2D eigenvalue weighted by molar-refractivity contribution is 5.87. The molecule has 1 nitrogen and oxygen atoms in total. The van der Waals surface area contributed by atoms with E-state index in [9.17, 15) is 0 Å². The van der Waals surface area contributed by atoms with E-state index in [0.717, 1.165) is 30.5 Å². The Hall–Kier alpha value is -5.79. The summed E-state index contributed by atoms with van der Waals surface area (Å²) in [6, 6.07) is 50.6. The maximum Gasteiger partial charge on any atom is 0.0702 e. The van der Waals surface area contributed by atoms with E-state index in [0.29, 0.717) is 5.92 Å². The molecule has 6 aromatic rings. The van der Waals surface area contributed by atoms with Gasteiger partial charge in [0.15, 0.2) is 0 Å². The Bertz CT molecular complexity index is 2190. The smallest absolute Gasteiger partial charge is 0.0702 e. The number of hydrogen-bond donors (Lipinski definition) is 0. The highest BCUT2D eigenvalue weighted by Gasteiger charge is 2.14. The van der Waals surface area contributed by atoms with E-state index in [2.05, 4.69) is 169 Å². The number of benzene rings is 5. The summed E-state index contributed by atoms with van der Waals surface area (Å²) in [5.41, 5.74) is 16.1. The van der Waals surface area contributed by atoms with Crippen molar-refractivity contribution in [3.8, 4) is 44.6 Å². The van der Waals surface area contributed by atoms with Gasteiger partial charge in [-0.1, -0.05) is 146 Å². The standard InChI is InChI=1S/C47H37N/c1-2-11-34(12-3-1)37-13-6-16-40(29-37)42-18-8-20-44(31-42)45-21-9-19-43(32-45)41-17-7-14-38(30-41)35-24-26-36(27-25-35)39-15-10-22-46(33-39)47-23-4-5-28-48-47/h1-7,9-11,13-19,21-34H,8,12,20H2. The van der Waals surface area contributed by atoms with Crippen molar-refractivity contribution in [3.05, 3.63) is 199 Å². The molecule has 8 rings (SSSR count). The zero-order chi connectivity index (χ0) is 32.1. The van der Waals surface area contributed by atoms with E-state index in [-0.39, 0.29) is 0 Å². The SMILES string of the molecule is C1=CCC(c2cccc(C3=CCCC(c4cccc(-c5cccc(-c6ccc(-c7cccc(-c8ccccn8)c7)cc6)c5)c4)=C3)c2)C=C1. The van der Waals surface area contributed by atoms with Crippen LogP contribution in [0.5, 0.6) is 0 Å². The lowest BCUT2D eigenvalue weighted by Crippen LogP contribution is -1.98. The van der Waals surface area contributed by atoms with Crippen molar-refractivity contribution in [3.63, 3.8) is 0 Å². The third kappa shape index (κ3) is 6.41. The van der Waals surface area contributed by atoms with Crippen molar-refractivity contribution < 1.29 is 0 Å². The molecule has 0 saturated heterocycles. The summed E-state index contributed by atoms with van der Waals surface area (Å²) < 4.78 is 0. The van der Waals surface area contributed by atoms with Crippen molar-refractivity contribution >= 4 is 11.1 Å². The molecule has 0 radical (unpaired) electrons. The van der Waals surface area contributed by atoms with Crippen LogP contribution in [0, 0.1) is 0 Å². The molecule has 1 heterocycles. The average molecular weight is 616 g/mol. The summed E-state index contributed by atoms with van der Waals surface area (Å²) >= 11 is 0. The van der Waals surface area contributed by atoms with Crippen LogP contribution in [-0.4, -0.2) is 4.98 Å². The number of hydrogen-bond acceptors (Lipinski definition) is 1. The first-order chi connectivity index (χ1) is 23.8. The van der Waals surface area contributed by atoms with E-state index in [1.807, 2.05) is 18.3 Å². The fourth-order valence-electron chi connectivity index (χ4n) is 6.93. The Morgan fingerprint density at radius 1 is 0.500 bits per heavy atom. The highest BCUT2D eigenvalue weighted by Crippen LogP contribution is 2.36. The maximum atomic E-state index is 4.53. The van der Waals surface area contributed by atoms with Gasteiger partial charge in [-0.15, -0.1) is 0 Å². The van der Waals surface area contributed by atoms with Crippen LogP contribution in [0.15, 0.2) is 182 Å². The second kappa shape index (κ2) is 13.5. The van der Waals surface area contributed by atoms with Gasteiger partial charge in [0.25, 0.3) is 0 Å². The van der Waals surface area contributed by atoms with E-state index in [1.54, 1.807) is 0 Å². The Morgan fingerprint density at radius 3 is 1.81 bits per heavy atom. The van der Waals surface area contributed by atoms with Crippen LogP contribution in [-0.2, 0) is 0 Å². The molecule has 2 aliphatic rings. The molecule has 0 spiro atoms. The van der Waals surface area contributed by atoms with Crippen molar-refractivity contribution in [1.29, 1.82) is 0 Å².